The van der Waals surface area contributed by atoms with Gasteiger partial charge >= 0.3 is 111 Å². The van der Waals surface area contributed by atoms with Crippen LogP contribution in [0.25, 0.3) is 0 Å². The maximum absolute atomic E-state index is 12.0. The zero-order valence-corrected chi connectivity index (χ0v) is 20.3. The minimum atomic E-state index is -5.12. The van der Waals surface area contributed by atoms with Gasteiger partial charge in [-0.15, -0.1) is 0 Å². The number of benzene rings is 1. The number of alkyl halides is 3. The number of hydrogen-bond donors (Lipinski definition) is 0. The molecule has 7 heteroatoms. The predicted octanol–water partition coefficient (Wildman–Crippen LogP) is 6.80. The average molecular weight is 478 g/mol. The van der Waals surface area contributed by atoms with Crippen molar-refractivity contribution in [2.75, 3.05) is 5.75 Å². The summed E-state index contributed by atoms with van der Waals surface area (Å²) in [7, 11) is -4.94. The Hall–Kier alpha value is -0.521. The van der Waals surface area contributed by atoms with E-state index in [-0.39, 0.29) is 20.3 Å². The molecule has 0 saturated heterocycles. The summed E-state index contributed by atoms with van der Waals surface area (Å²) in [5.41, 5.74) is -2.97. The maximum atomic E-state index is 12.0. The van der Waals surface area contributed by atoms with Crippen LogP contribution in [0.15, 0.2) is 24.3 Å². The summed E-state index contributed by atoms with van der Waals surface area (Å²) in [5.74, 6) is -0.803. The summed E-state index contributed by atoms with van der Waals surface area (Å²) in [5, 5.41) is 0.739. The molecule has 27 heavy (non-hydrogen) atoms. The summed E-state index contributed by atoms with van der Waals surface area (Å²) in [4.78, 5) is 0. The van der Waals surface area contributed by atoms with Crippen molar-refractivity contribution >= 4 is 24.8 Å². The number of hydrogen-bond acceptors (Lipinski definition) is 2. The first kappa shape index (κ1) is 31.2. The van der Waals surface area contributed by atoms with Gasteiger partial charge in [-0.3, -0.25) is 0 Å². The Kier molecular flexibility index (Phi) is 21.7. The Morgan fingerprint density at radius 2 is 1.22 bits per heavy atom. The molecule has 0 aromatic heterocycles. The molecule has 0 unspecified atom stereocenters. The monoisotopic (exact) mass is 478 g/mol. The molecule has 0 amide bonds. The fourth-order valence-corrected chi connectivity index (χ4v) is 5.05. The van der Waals surface area contributed by atoms with E-state index in [1.54, 1.807) is 0 Å². The summed E-state index contributed by atoms with van der Waals surface area (Å²) < 4.78 is 57.7. The first-order valence-corrected chi connectivity index (χ1v) is 13.5. The number of aryl methyl sites for hydroxylation is 1. The molecule has 0 saturated carbocycles. The van der Waals surface area contributed by atoms with Gasteiger partial charge in [0.25, 0.3) is 0 Å². The van der Waals surface area contributed by atoms with Crippen molar-refractivity contribution in [3.05, 3.63) is 35.4 Å². The minimum absolute atomic E-state index is 0.0860. The molecule has 1 rings (SSSR count). The van der Waals surface area contributed by atoms with Crippen LogP contribution in [-0.2, 0) is 15.2 Å². The average Bonchev–Trinajstić information content (AvgIpc) is 2.54. The van der Waals surface area contributed by atoms with Gasteiger partial charge in [0, 0.05) is 0 Å². The molecule has 0 heterocycles. The van der Waals surface area contributed by atoms with E-state index in [9.17, 15) is 21.6 Å². The van der Waals surface area contributed by atoms with E-state index in [4.69, 9.17) is 0 Å². The Balaban J connectivity index is -0.000000540. The van der Waals surface area contributed by atoms with Crippen LogP contribution < -0.4 is 0 Å². The van der Waals surface area contributed by atoms with Gasteiger partial charge in [-0.2, -0.15) is 0 Å². The fraction of sp³-hybridized carbons (Fsp3) is 0.700. The van der Waals surface area contributed by atoms with E-state index in [2.05, 4.69) is 41.5 Å². The molecule has 0 spiro atoms. The SMILES string of the molecule is CCC.CCC.CCC.Cc1ccc(C[Se]CCS(=O)(=O)C(F)(F)F)cc1. The standard InChI is InChI=1S/C11H13F3O2SSe.3C3H8/c1-9-2-4-10(5-3-9)8-18-7-6-17(15,16)11(12,13)14;3*1-3-2/h2-5H,6-8H2,1H3;3*3H2,1-2H3. The molecule has 1 aromatic rings. The van der Waals surface area contributed by atoms with Crippen molar-refractivity contribution in [1.29, 1.82) is 0 Å². The molecule has 0 aliphatic rings. The van der Waals surface area contributed by atoms with Crippen molar-refractivity contribution in [2.45, 2.75) is 83.9 Å². The molecule has 0 radical (unpaired) electrons. The quantitative estimate of drug-likeness (QED) is 0.345. The van der Waals surface area contributed by atoms with Crippen molar-refractivity contribution in [3.63, 3.8) is 0 Å². The Morgan fingerprint density at radius 1 is 0.852 bits per heavy atom. The van der Waals surface area contributed by atoms with Gasteiger partial charge in [-0.25, -0.2) is 0 Å². The number of halogens is 3. The van der Waals surface area contributed by atoms with Crippen LogP contribution in [0, 0.1) is 6.92 Å². The molecule has 1 aromatic carbocycles. The second kappa shape index (κ2) is 18.8. The van der Waals surface area contributed by atoms with Crippen molar-refractivity contribution in [1.82, 2.24) is 0 Å². The number of rotatable bonds is 5. The summed E-state index contributed by atoms with van der Waals surface area (Å²) >= 11 is -0.131. The van der Waals surface area contributed by atoms with Crippen LogP contribution in [0.4, 0.5) is 13.2 Å². The van der Waals surface area contributed by atoms with Crippen LogP contribution in [0.5, 0.6) is 0 Å². The molecular weight excluding hydrogens is 440 g/mol. The van der Waals surface area contributed by atoms with E-state index in [0.717, 1.165) is 11.1 Å². The third-order valence-corrected chi connectivity index (χ3v) is 6.43. The normalized spacial score (nSPS) is 10.4. The van der Waals surface area contributed by atoms with E-state index in [1.807, 2.05) is 31.2 Å². The fourth-order valence-electron chi connectivity index (χ4n) is 1.16. The molecule has 2 nitrogen and oxygen atoms in total. The first-order chi connectivity index (χ1) is 12.5. The zero-order chi connectivity index (χ0) is 21.9. The Labute approximate surface area is 171 Å². The Bertz CT molecular complexity index is 522. The molecule has 0 bridgehead atoms. The molecular formula is C20H37F3O2SSe. The summed E-state index contributed by atoms with van der Waals surface area (Å²) in [6.45, 7) is 14.7. The van der Waals surface area contributed by atoms with Gasteiger partial charge in [0.1, 0.15) is 0 Å². The van der Waals surface area contributed by atoms with Gasteiger partial charge in [0.15, 0.2) is 0 Å². The van der Waals surface area contributed by atoms with Crippen LogP contribution in [0.2, 0.25) is 5.32 Å². The van der Waals surface area contributed by atoms with Gasteiger partial charge < -0.3 is 0 Å². The van der Waals surface area contributed by atoms with E-state index < -0.39 is 21.1 Å². The van der Waals surface area contributed by atoms with E-state index >= 15 is 0 Å². The second-order valence-corrected chi connectivity index (χ2v) is 10.3. The molecule has 0 atom stereocenters. The van der Waals surface area contributed by atoms with Crippen molar-refractivity contribution in [2.24, 2.45) is 0 Å². The topological polar surface area (TPSA) is 34.1 Å². The summed E-state index contributed by atoms with van der Waals surface area (Å²) in [6.07, 6.45) is 3.75. The Morgan fingerprint density at radius 3 is 1.56 bits per heavy atom. The van der Waals surface area contributed by atoms with E-state index in [0.29, 0.717) is 5.32 Å². The van der Waals surface area contributed by atoms with E-state index in [1.165, 1.54) is 19.3 Å². The summed E-state index contributed by atoms with van der Waals surface area (Å²) in [6, 6.07) is 7.68. The van der Waals surface area contributed by atoms with Gasteiger partial charge in [-0.1, -0.05) is 60.8 Å². The molecule has 0 aliphatic carbocycles. The zero-order valence-electron chi connectivity index (χ0n) is 17.8. The second-order valence-electron chi connectivity index (χ2n) is 5.92. The predicted molar refractivity (Wildman–Crippen MR) is 113 cm³/mol. The first-order valence-electron chi connectivity index (χ1n) is 9.39. The number of sulfone groups is 1. The van der Waals surface area contributed by atoms with Gasteiger partial charge in [0.2, 0.25) is 0 Å². The van der Waals surface area contributed by atoms with Crippen LogP contribution >= 0.6 is 0 Å². The third-order valence-electron chi connectivity index (χ3n) is 2.24. The van der Waals surface area contributed by atoms with Crippen LogP contribution in [-0.4, -0.2) is 34.6 Å². The molecule has 0 aliphatic heterocycles. The van der Waals surface area contributed by atoms with Crippen molar-refractivity contribution < 1.29 is 21.6 Å². The molecule has 0 fully saturated rings. The van der Waals surface area contributed by atoms with Gasteiger partial charge in [-0.05, 0) is 0 Å². The van der Waals surface area contributed by atoms with Crippen LogP contribution in [0.3, 0.4) is 0 Å². The van der Waals surface area contributed by atoms with Gasteiger partial charge in [0.05, 0.1) is 0 Å². The molecule has 0 N–H and O–H groups in total. The molecule has 162 valence electrons. The third kappa shape index (κ3) is 20.0. The van der Waals surface area contributed by atoms with Crippen LogP contribution in [0.1, 0.15) is 71.9 Å². The van der Waals surface area contributed by atoms with Crippen molar-refractivity contribution in [3.8, 4) is 0 Å².